The van der Waals surface area contributed by atoms with Crippen LogP contribution in [0.5, 0.6) is 51.7 Å². The predicted molar refractivity (Wildman–Crippen MR) is 331 cm³/mol. The highest BCUT2D eigenvalue weighted by Crippen LogP contribution is 2.45. The third-order valence-electron chi connectivity index (χ3n) is 16.2. The second-order valence-electron chi connectivity index (χ2n) is 23.5. The second-order valence-corrected chi connectivity index (χ2v) is 23.5. The molecule has 4 fully saturated rings. The van der Waals surface area contributed by atoms with Gasteiger partial charge in [-0.15, -0.1) is 0 Å². The van der Waals surface area contributed by atoms with Crippen LogP contribution in [0.25, 0.3) is 34.4 Å². The predicted octanol–water partition coefficient (Wildman–Crippen LogP) is -5.02. The van der Waals surface area contributed by atoms with Gasteiger partial charge in [0.2, 0.25) is 30.7 Å². The smallest absolute Gasteiger partial charge is 0.402 e. The summed E-state index contributed by atoms with van der Waals surface area (Å²) >= 11 is 0. The number of phenols is 6. The van der Waals surface area contributed by atoms with Crippen molar-refractivity contribution in [3.05, 3.63) is 96.1 Å². The molecule has 2 unspecified atom stereocenters. The van der Waals surface area contributed by atoms with Crippen LogP contribution in [0.3, 0.4) is 0 Å². The fourth-order valence-electron chi connectivity index (χ4n) is 10.6. The molecule has 22 atom stereocenters. The van der Waals surface area contributed by atoms with Crippen LogP contribution in [0.2, 0.25) is 0 Å². The van der Waals surface area contributed by atoms with E-state index < -0.39 is 272 Å². The van der Waals surface area contributed by atoms with Gasteiger partial charge in [-0.25, -0.2) is 28.4 Å². The van der Waals surface area contributed by atoms with Gasteiger partial charge < -0.3 is 164 Å². The molecule has 0 radical (unpaired) electrons. The number of hydrogen-bond acceptors (Lipinski definition) is 37. The van der Waals surface area contributed by atoms with Gasteiger partial charge in [0.15, 0.2) is 65.2 Å². The van der Waals surface area contributed by atoms with Gasteiger partial charge >= 0.3 is 53.1 Å². The Morgan fingerprint density at radius 2 is 1.03 bits per heavy atom. The van der Waals surface area contributed by atoms with Gasteiger partial charge in [-0.1, -0.05) is 12.1 Å². The summed E-state index contributed by atoms with van der Waals surface area (Å²) < 4.78 is 73.2. The molecule has 4 aromatic carbocycles. The molecule has 1 aromatic heterocycles. The Morgan fingerprint density at radius 3 is 1.63 bits per heavy atom. The lowest BCUT2D eigenvalue weighted by molar-refractivity contribution is -0.358. The summed E-state index contributed by atoms with van der Waals surface area (Å²) in [7, 11) is 0. The molecule has 21 N–H and O–H groups in total. The quantitative estimate of drug-likeness (QED) is 0.00615. The van der Waals surface area contributed by atoms with E-state index in [0.717, 1.165) is 78.9 Å². The Balaban J connectivity index is 1.10. The van der Waals surface area contributed by atoms with Gasteiger partial charge in [-0.3, -0.25) is 9.59 Å². The number of carbonyl (C=O) groups excluding carboxylic acids is 4. The molecule has 0 aliphatic carbocycles. The maximum Gasteiger partial charge on any atom is 0.402 e. The Labute approximate surface area is 585 Å². The minimum atomic E-state index is -2.84. The topological polar surface area (TPSA) is 666 Å². The summed E-state index contributed by atoms with van der Waals surface area (Å²) in [4.78, 5) is 86.9. The van der Waals surface area contributed by atoms with Gasteiger partial charge in [-0.2, -0.15) is 0 Å². The fraction of sp³-hybridized carbons (Fsp3) is 0.406. The van der Waals surface area contributed by atoms with Crippen molar-refractivity contribution in [3.63, 3.8) is 0 Å². The first kappa shape index (κ1) is 78.7. The van der Waals surface area contributed by atoms with Crippen molar-refractivity contribution in [1.82, 2.24) is 0 Å². The van der Waals surface area contributed by atoms with Crippen molar-refractivity contribution in [1.29, 1.82) is 0 Å². The van der Waals surface area contributed by atoms with Crippen molar-refractivity contribution in [2.75, 3.05) is 19.8 Å². The zero-order chi connectivity index (χ0) is 76.7. The van der Waals surface area contributed by atoms with E-state index in [2.05, 4.69) is 4.74 Å². The van der Waals surface area contributed by atoms with Gasteiger partial charge in [0.1, 0.15) is 116 Å². The zero-order valence-electron chi connectivity index (χ0n) is 53.3. The number of benzene rings is 4. The summed E-state index contributed by atoms with van der Waals surface area (Å²) in [5.74, 6) is -18.5. The molecule has 105 heavy (non-hydrogen) atoms. The second kappa shape index (κ2) is 33.6. The molecule has 41 nitrogen and oxygen atoms in total. The number of aromatic hydroxyl groups is 6. The lowest BCUT2D eigenvalue weighted by Crippen LogP contribution is -2.65. The monoisotopic (exact) mass is 1490 g/mol. The molecule has 5 heterocycles. The largest absolute Gasteiger partial charge is 0.507 e. The number of carboxylic acid groups (broad SMARTS) is 3. The Kier molecular flexibility index (Phi) is 25.2. The molecule has 0 bridgehead atoms. The number of hydrogen-bond donors (Lipinski definition) is 21. The van der Waals surface area contributed by atoms with E-state index >= 15 is 0 Å². The van der Waals surface area contributed by atoms with Crippen LogP contribution in [0.4, 0.5) is 0 Å². The lowest BCUT2D eigenvalue weighted by atomic mass is 9.97. The molecule has 0 saturated carbocycles. The van der Waals surface area contributed by atoms with E-state index in [-0.39, 0.29) is 16.7 Å². The molecule has 4 aliphatic rings. The first-order valence-electron chi connectivity index (χ1n) is 30.8. The summed E-state index contributed by atoms with van der Waals surface area (Å²) in [6.07, 6.45) is -47.0. The van der Waals surface area contributed by atoms with Crippen molar-refractivity contribution in [3.8, 4) is 63.1 Å². The Hall–Kier alpha value is -10.4. The number of carbonyl (C=O) groups is 7. The van der Waals surface area contributed by atoms with Gasteiger partial charge in [0, 0.05) is 30.4 Å². The normalized spacial score (nSPS) is 29.6. The molecule has 41 heteroatoms. The van der Waals surface area contributed by atoms with E-state index in [1.807, 2.05) is 0 Å². The standard InChI is InChI=1S/C64H66O41/c65-18-35-42(76)47(81)56(102-39(73)10-4-22-2-7-27(67)31(71)12-22)64(99-35)105-57-48(82)44(78)37(20-94-40(74)17-41(75)103-55(60(91)92)52(86)58(87)88)101-63(57)98-34-16-25-29(69)14-24(95-61-50(84)45(79)43(77)36(100-61)19-93-38(72)9-3-21-1-6-26(66)30(70)11-21)15-32(25)96-53(34)23-5-8-28(68)33(13-23)97-62-51(85)46(80)49(83)54(104-62)59(89)90/h1-16,35-37,42-52,54-57,61-65,76-86H,17-20H2,(H8-,66,67,68,69,70,71,72,73,87,88,89,90,91,92)/p+1/t35-,36-,37-,42-,43-,44+,45-,46-,47-,48-,49-,50-,51-,52?,54+,55?,56-,57-,61-,62-,63-,64+/m1/s1. The van der Waals surface area contributed by atoms with Crippen LogP contribution >= 0.6 is 0 Å². The highest BCUT2D eigenvalue weighted by Gasteiger charge is 2.55. The molecule has 4 aliphatic heterocycles. The fourth-order valence-corrected chi connectivity index (χ4v) is 10.6. The van der Waals surface area contributed by atoms with Crippen LogP contribution in [-0.2, 0) is 76.2 Å². The van der Waals surface area contributed by atoms with Gasteiger partial charge in [0.25, 0.3) is 0 Å². The number of esters is 4. The van der Waals surface area contributed by atoms with Crippen LogP contribution in [0.15, 0.2) is 89.4 Å². The molecule has 4 saturated heterocycles. The van der Waals surface area contributed by atoms with Crippen molar-refractivity contribution in [2.45, 2.75) is 141 Å². The summed E-state index contributed by atoms with van der Waals surface area (Å²) in [6, 6.07) is 12.4. The van der Waals surface area contributed by atoms with Crippen LogP contribution in [0, 0.1) is 0 Å². The van der Waals surface area contributed by atoms with Crippen LogP contribution in [-0.4, -0.2) is 304 Å². The molecular weight excluding hydrogens is 1420 g/mol. The van der Waals surface area contributed by atoms with Crippen LogP contribution < -0.4 is 14.2 Å². The van der Waals surface area contributed by atoms with E-state index in [0.29, 0.717) is 0 Å². The molecule has 9 rings (SSSR count). The van der Waals surface area contributed by atoms with E-state index in [1.54, 1.807) is 0 Å². The number of fused-ring (bicyclic) bond motifs is 1. The van der Waals surface area contributed by atoms with Crippen molar-refractivity contribution < 1.29 is 202 Å². The highest BCUT2D eigenvalue weighted by molar-refractivity contribution is 5.94. The van der Waals surface area contributed by atoms with E-state index in [4.69, 9.17) is 61.6 Å². The lowest BCUT2D eigenvalue weighted by Gasteiger charge is -2.46. The van der Waals surface area contributed by atoms with Crippen molar-refractivity contribution >= 4 is 64.9 Å². The third-order valence-corrected chi connectivity index (χ3v) is 16.2. The molecule has 5 aromatic rings. The van der Waals surface area contributed by atoms with Gasteiger partial charge in [-0.05, 0) is 59.7 Å². The molecule has 0 amide bonds. The van der Waals surface area contributed by atoms with E-state index in [1.165, 1.54) is 18.2 Å². The number of aliphatic hydroxyl groups is 12. The summed E-state index contributed by atoms with van der Waals surface area (Å²) in [5.41, 5.74) is -0.551. The number of aliphatic hydroxyl groups excluding tert-OH is 12. The third kappa shape index (κ3) is 18.4. The summed E-state index contributed by atoms with van der Waals surface area (Å²) in [5, 5.41) is 221. The number of aliphatic carboxylic acids is 3. The average Bonchev–Trinajstić information content (AvgIpc) is 0.760. The first-order chi connectivity index (χ1) is 49.6. The average molecular weight is 1490 g/mol. The minimum absolute atomic E-state index is 0.0887. The van der Waals surface area contributed by atoms with Crippen molar-refractivity contribution in [2.24, 2.45) is 0 Å². The molecular formula is C64H67O41+. The van der Waals surface area contributed by atoms with E-state index in [9.17, 15) is 136 Å². The minimum Gasteiger partial charge on any atom is -0.507 e. The maximum atomic E-state index is 13.5. The molecule has 568 valence electrons. The zero-order valence-corrected chi connectivity index (χ0v) is 53.3. The SMILES string of the molecule is O=C(/C=C/c1ccc(O)c(O)c1)OC[C@H]1O[C@@H](Oc2cc(O)c3cc(O[C@@H]4O[C@H](COC(=O)CC(=O)OC(C(=O)O)C(O)C(=O)O)[C@H](O)[C@@H](O)[C@H]4O[C@@H]4O[C@H](CO)[C@@H](O)[C@@H](O)[C@H]4OC(=O)/C=C/c4ccc(O)c(O)c4)c(-c4ccc(O)c(O[C@@H]5O[C@H](C(=O)O)[C@H](O)[C@@H](O)[C@H]5O)c4)[o+]c3c2)[C@H](O)[C@H](O)[C@@H]1O. The maximum absolute atomic E-state index is 13.5. The van der Waals surface area contributed by atoms with Gasteiger partial charge in [0.05, 0.1) is 18.2 Å². The number of ether oxygens (including phenoxy) is 12. The number of carboxylic acids is 3. The number of phenolic OH excluding ortho intramolecular Hbond substituents is 6. The Morgan fingerprint density at radius 1 is 0.486 bits per heavy atom. The van der Waals surface area contributed by atoms with Crippen LogP contribution in [0.1, 0.15) is 17.5 Å². The molecule has 0 spiro atoms. The summed E-state index contributed by atoms with van der Waals surface area (Å²) in [6.45, 7) is -3.19. The Bertz CT molecular complexity index is 4070. The number of rotatable bonds is 26. The highest BCUT2D eigenvalue weighted by atomic mass is 16.8. The first-order valence-corrected chi connectivity index (χ1v) is 30.8.